The number of rotatable bonds is 2. The minimum atomic E-state index is -4.59. The van der Waals surface area contributed by atoms with Crippen LogP contribution in [0.2, 0.25) is 0 Å². The molecule has 2 aromatic rings. The Morgan fingerprint density at radius 3 is 2.46 bits per heavy atom. The van der Waals surface area contributed by atoms with Crippen molar-refractivity contribution in [2.24, 2.45) is 0 Å². The Morgan fingerprint density at radius 2 is 1.82 bits per heavy atom. The highest BCUT2D eigenvalue weighted by Gasteiger charge is 2.36. The minimum Gasteiger partial charge on any atom is -0.445 e. The first kappa shape index (κ1) is 20.0. The first-order chi connectivity index (χ1) is 12.9. The molecule has 0 N–H and O–H groups in total. The predicted molar refractivity (Wildman–Crippen MR) is 84.0 cm³/mol. The molecular formula is C17H15F6N3O2. The van der Waals surface area contributed by atoms with Crippen molar-refractivity contribution >= 4 is 6.09 Å². The van der Waals surface area contributed by atoms with E-state index in [1.165, 1.54) is 17.6 Å². The Hall–Kier alpha value is -2.72. The molecule has 1 aromatic heterocycles. The molecule has 0 saturated carbocycles. The average molecular weight is 407 g/mol. The molecule has 1 aliphatic heterocycles. The van der Waals surface area contributed by atoms with Crippen LogP contribution in [0, 0.1) is 6.92 Å². The number of alkyl halides is 6. The summed E-state index contributed by atoms with van der Waals surface area (Å²) in [7, 11) is 0. The van der Waals surface area contributed by atoms with Gasteiger partial charge in [-0.15, -0.1) is 0 Å². The second-order valence-corrected chi connectivity index (χ2v) is 6.41. The van der Waals surface area contributed by atoms with Crippen molar-refractivity contribution in [2.75, 3.05) is 6.54 Å². The van der Waals surface area contributed by atoms with E-state index in [1.807, 2.05) is 0 Å². The fraction of sp³-hybridized carbons (Fsp3) is 0.412. The van der Waals surface area contributed by atoms with Crippen LogP contribution in [0.3, 0.4) is 0 Å². The summed E-state index contributed by atoms with van der Waals surface area (Å²) in [5, 5.41) is 0. The van der Waals surface area contributed by atoms with E-state index in [4.69, 9.17) is 4.74 Å². The number of aryl methyl sites for hydroxylation is 1. The molecule has 152 valence electrons. The Morgan fingerprint density at radius 1 is 1.11 bits per heavy atom. The van der Waals surface area contributed by atoms with Crippen LogP contribution in [0.25, 0.3) is 0 Å². The van der Waals surface area contributed by atoms with Crippen LogP contribution < -0.4 is 0 Å². The lowest BCUT2D eigenvalue weighted by Crippen LogP contribution is -2.38. The summed E-state index contributed by atoms with van der Waals surface area (Å²) in [4.78, 5) is 16.8. The average Bonchev–Trinajstić information content (AvgIpc) is 3.02. The monoisotopic (exact) mass is 407 g/mol. The largest absolute Gasteiger partial charge is 0.445 e. The molecule has 1 amide bonds. The molecule has 28 heavy (non-hydrogen) atoms. The lowest BCUT2D eigenvalue weighted by molar-refractivity contribution is -0.141. The summed E-state index contributed by atoms with van der Waals surface area (Å²) in [6, 6.07) is 3.33. The van der Waals surface area contributed by atoms with E-state index < -0.39 is 29.7 Å². The van der Waals surface area contributed by atoms with Crippen LogP contribution in [0.4, 0.5) is 31.1 Å². The molecule has 1 aromatic carbocycles. The number of hydrogen-bond acceptors (Lipinski definition) is 3. The maximum Gasteiger partial charge on any atom is 0.434 e. The number of ether oxygens (including phenoxy) is 1. The van der Waals surface area contributed by atoms with Gasteiger partial charge < -0.3 is 9.30 Å². The maximum absolute atomic E-state index is 12.9. The molecule has 0 fully saturated rings. The lowest BCUT2D eigenvalue weighted by atomic mass is 10.1. The smallest absolute Gasteiger partial charge is 0.434 e. The number of imidazole rings is 1. The number of hydrogen-bond donors (Lipinski definition) is 0. The van der Waals surface area contributed by atoms with Crippen LogP contribution in [0.5, 0.6) is 0 Å². The number of nitrogens with zero attached hydrogens (tertiary/aromatic N) is 3. The SMILES string of the molecule is Cc1cc(COC(=O)N2CCn3cc(C(F)(F)F)nc3C2)cc(C(F)(F)F)c1. The van der Waals surface area contributed by atoms with E-state index >= 15 is 0 Å². The van der Waals surface area contributed by atoms with Crippen molar-refractivity contribution in [1.29, 1.82) is 0 Å². The maximum atomic E-state index is 12.9. The number of carbonyl (C=O) groups is 1. The van der Waals surface area contributed by atoms with Crippen LogP contribution in [0.1, 0.15) is 28.2 Å². The van der Waals surface area contributed by atoms with Gasteiger partial charge in [0.15, 0.2) is 5.69 Å². The van der Waals surface area contributed by atoms with Gasteiger partial charge in [0.1, 0.15) is 12.4 Å². The molecule has 5 nitrogen and oxygen atoms in total. The molecule has 2 heterocycles. The van der Waals surface area contributed by atoms with Gasteiger partial charge >= 0.3 is 18.4 Å². The molecule has 1 aliphatic rings. The molecular weight excluding hydrogens is 392 g/mol. The Balaban J connectivity index is 1.65. The number of amides is 1. The van der Waals surface area contributed by atoms with Gasteiger partial charge in [0.05, 0.1) is 12.1 Å². The van der Waals surface area contributed by atoms with Crippen LogP contribution in [0.15, 0.2) is 24.4 Å². The van der Waals surface area contributed by atoms with Gasteiger partial charge in [-0.1, -0.05) is 11.6 Å². The predicted octanol–water partition coefficient (Wildman–Crippen LogP) is 4.38. The van der Waals surface area contributed by atoms with Crippen molar-refractivity contribution in [3.63, 3.8) is 0 Å². The summed E-state index contributed by atoms with van der Waals surface area (Å²) in [6.07, 6.45) is -9.07. The zero-order valence-electron chi connectivity index (χ0n) is 14.6. The van der Waals surface area contributed by atoms with Crippen LogP contribution in [-0.4, -0.2) is 27.1 Å². The molecule has 0 bridgehead atoms. The normalized spacial score (nSPS) is 14.8. The lowest BCUT2D eigenvalue weighted by Gasteiger charge is -2.26. The zero-order valence-corrected chi connectivity index (χ0v) is 14.6. The zero-order chi connectivity index (χ0) is 20.7. The molecule has 0 aliphatic carbocycles. The van der Waals surface area contributed by atoms with E-state index in [-0.39, 0.29) is 37.6 Å². The molecule has 0 saturated heterocycles. The van der Waals surface area contributed by atoms with Crippen molar-refractivity contribution < 1.29 is 35.9 Å². The third-order valence-corrected chi connectivity index (χ3v) is 4.18. The topological polar surface area (TPSA) is 47.4 Å². The van der Waals surface area contributed by atoms with Crippen molar-refractivity contribution in [3.8, 4) is 0 Å². The summed E-state index contributed by atoms with van der Waals surface area (Å²) in [6.45, 7) is 1.12. The molecule has 11 heteroatoms. The number of halogens is 6. The number of fused-ring (bicyclic) bond motifs is 1. The molecule has 0 spiro atoms. The molecule has 3 rings (SSSR count). The fourth-order valence-electron chi connectivity index (χ4n) is 2.89. The first-order valence-corrected chi connectivity index (χ1v) is 8.16. The van der Waals surface area contributed by atoms with Gasteiger partial charge in [-0.3, -0.25) is 4.90 Å². The standard InChI is InChI=1S/C17H15F6N3O2/c1-10-4-11(6-12(5-10)16(18,19)20)9-28-15(27)26-3-2-25-7-13(17(21,22)23)24-14(25)8-26/h4-7H,2-3,8-9H2,1H3. The molecule has 0 atom stereocenters. The van der Waals surface area contributed by atoms with Crippen molar-refractivity contribution in [2.45, 2.75) is 39.0 Å². The third-order valence-electron chi connectivity index (χ3n) is 4.18. The van der Waals surface area contributed by atoms with Gasteiger partial charge in [0, 0.05) is 19.3 Å². The van der Waals surface area contributed by atoms with Crippen LogP contribution >= 0.6 is 0 Å². The molecule has 0 unspecified atom stereocenters. The second-order valence-electron chi connectivity index (χ2n) is 6.41. The summed E-state index contributed by atoms with van der Waals surface area (Å²) >= 11 is 0. The van der Waals surface area contributed by atoms with E-state index in [0.29, 0.717) is 5.56 Å². The van der Waals surface area contributed by atoms with Gasteiger partial charge in [0.25, 0.3) is 0 Å². The van der Waals surface area contributed by atoms with E-state index in [9.17, 15) is 31.1 Å². The Kier molecular flexibility index (Phi) is 5.02. The Labute approximate surface area is 155 Å². The highest BCUT2D eigenvalue weighted by atomic mass is 19.4. The van der Waals surface area contributed by atoms with Gasteiger partial charge in [-0.05, 0) is 24.6 Å². The second kappa shape index (κ2) is 7.02. The number of carbonyl (C=O) groups excluding carboxylic acids is 1. The molecule has 0 radical (unpaired) electrons. The third kappa shape index (κ3) is 4.39. The van der Waals surface area contributed by atoms with E-state index in [2.05, 4.69) is 4.98 Å². The Bertz CT molecular complexity index is 888. The van der Waals surface area contributed by atoms with Crippen LogP contribution in [-0.2, 0) is 36.8 Å². The van der Waals surface area contributed by atoms with Crippen molar-refractivity contribution in [1.82, 2.24) is 14.5 Å². The van der Waals surface area contributed by atoms with E-state index in [0.717, 1.165) is 23.2 Å². The summed E-state index contributed by atoms with van der Waals surface area (Å²) < 4.78 is 83.1. The van der Waals surface area contributed by atoms with E-state index in [1.54, 1.807) is 0 Å². The summed E-state index contributed by atoms with van der Waals surface area (Å²) in [5.74, 6) is 0.0606. The minimum absolute atomic E-state index is 0.0606. The number of aromatic nitrogens is 2. The van der Waals surface area contributed by atoms with Crippen molar-refractivity contribution in [3.05, 3.63) is 52.6 Å². The van der Waals surface area contributed by atoms with Gasteiger partial charge in [0.2, 0.25) is 0 Å². The first-order valence-electron chi connectivity index (χ1n) is 8.16. The fourth-order valence-corrected chi connectivity index (χ4v) is 2.89. The van der Waals surface area contributed by atoms with Gasteiger partial charge in [-0.25, -0.2) is 9.78 Å². The highest BCUT2D eigenvalue weighted by molar-refractivity contribution is 5.67. The highest BCUT2D eigenvalue weighted by Crippen LogP contribution is 2.31. The quantitative estimate of drug-likeness (QED) is 0.695. The van der Waals surface area contributed by atoms with Gasteiger partial charge in [-0.2, -0.15) is 26.3 Å². The number of benzene rings is 1. The summed E-state index contributed by atoms with van der Waals surface area (Å²) in [5.41, 5.74) is -1.37.